The van der Waals surface area contributed by atoms with Gasteiger partial charge >= 0.3 is 0 Å². The molecule has 0 amide bonds. The lowest BCUT2D eigenvalue weighted by atomic mass is 9.99. The number of allylic oxidation sites excluding steroid dienone is 2. The Hall–Kier alpha value is -5.35. The van der Waals surface area contributed by atoms with E-state index in [-0.39, 0.29) is 6.04 Å². The largest absolute Gasteiger partial charge is 0.456 e. The van der Waals surface area contributed by atoms with Crippen molar-refractivity contribution in [1.82, 2.24) is 4.40 Å². The first-order valence-corrected chi connectivity index (χ1v) is 13.7. The van der Waals surface area contributed by atoms with E-state index in [1.807, 2.05) is 0 Å². The molecule has 4 heteroatoms. The van der Waals surface area contributed by atoms with Gasteiger partial charge in [-0.1, -0.05) is 78.9 Å². The Morgan fingerprint density at radius 1 is 0.675 bits per heavy atom. The average molecular weight is 512 g/mol. The molecule has 40 heavy (non-hydrogen) atoms. The average Bonchev–Trinajstić information content (AvgIpc) is 3.64. The molecule has 1 aliphatic carbocycles. The fourth-order valence-electron chi connectivity index (χ4n) is 6.82. The van der Waals surface area contributed by atoms with Crippen LogP contribution in [0, 0.1) is 0 Å². The number of nitrogens with one attached hydrogen (secondary N) is 1. The first-order chi connectivity index (χ1) is 19.8. The van der Waals surface area contributed by atoms with Gasteiger partial charge in [-0.2, -0.15) is 0 Å². The zero-order valence-corrected chi connectivity index (χ0v) is 21.3. The second kappa shape index (κ2) is 7.19. The van der Waals surface area contributed by atoms with Gasteiger partial charge in [0.15, 0.2) is 0 Å². The molecule has 4 nitrogen and oxygen atoms in total. The highest BCUT2D eigenvalue weighted by Gasteiger charge is 2.28. The van der Waals surface area contributed by atoms with Crippen LogP contribution < -0.4 is 5.32 Å². The van der Waals surface area contributed by atoms with Gasteiger partial charge in [0.05, 0.1) is 22.8 Å². The van der Waals surface area contributed by atoms with Gasteiger partial charge in [-0.05, 0) is 58.3 Å². The molecule has 1 N–H and O–H groups in total. The summed E-state index contributed by atoms with van der Waals surface area (Å²) >= 11 is 0. The molecule has 10 rings (SSSR count). The van der Waals surface area contributed by atoms with E-state index in [4.69, 9.17) is 9.41 Å². The quantitative estimate of drug-likeness (QED) is 0.238. The fraction of sp³-hybridized carbons (Fsp3) is 0.0278. The third kappa shape index (κ3) is 2.58. The zero-order valence-electron chi connectivity index (χ0n) is 21.3. The van der Waals surface area contributed by atoms with Crippen LogP contribution in [0.4, 0.5) is 11.5 Å². The van der Waals surface area contributed by atoms with Crippen LogP contribution in [0.15, 0.2) is 125 Å². The van der Waals surface area contributed by atoms with Gasteiger partial charge in [-0.25, -0.2) is 4.99 Å². The Labute approximate surface area is 228 Å². The minimum Gasteiger partial charge on any atom is -0.456 e. The maximum atomic E-state index is 6.43. The van der Waals surface area contributed by atoms with Gasteiger partial charge in [-0.3, -0.25) is 4.40 Å². The van der Waals surface area contributed by atoms with E-state index in [0.29, 0.717) is 0 Å². The molecule has 0 radical (unpaired) electrons. The molecule has 4 heterocycles. The predicted molar refractivity (Wildman–Crippen MR) is 167 cm³/mol. The SMILES string of the molecule is C1=CC2=Nc3c(n4c5cc6c(cc5c5cccc3c54)oc3ccc(-c4ccc5ccccc5c4)cc36)NC2C=C1. The molecule has 0 saturated carbocycles. The van der Waals surface area contributed by atoms with Gasteiger partial charge in [0.1, 0.15) is 22.7 Å². The summed E-state index contributed by atoms with van der Waals surface area (Å²) in [5, 5.41) is 12.1. The Morgan fingerprint density at radius 2 is 1.52 bits per heavy atom. The van der Waals surface area contributed by atoms with E-state index < -0.39 is 0 Å². The zero-order chi connectivity index (χ0) is 25.9. The van der Waals surface area contributed by atoms with E-state index in [9.17, 15) is 0 Å². The number of fused-ring (bicyclic) bond motifs is 11. The molecule has 186 valence electrons. The van der Waals surface area contributed by atoms with E-state index in [1.165, 1.54) is 49.1 Å². The minimum atomic E-state index is 0.0774. The van der Waals surface area contributed by atoms with Gasteiger partial charge in [-0.15, -0.1) is 0 Å². The van der Waals surface area contributed by atoms with Crippen LogP contribution in [0.3, 0.4) is 0 Å². The van der Waals surface area contributed by atoms with E-state index in [2.05, 4.69) is 125 Å². The molecule has 0 bridgehead atoms. The summed E-state index contributed by atoms with van der Waals surface area (Å²) in [6.07, 6.45) is 8.41. The predicted octanol–water partition coefficient (Wildman–Crippen LogP) is 9.40. The topological polar surface area (TPSA) is 41.9 Å². The standard InChI is InChI=1S/C36H21N3O/c1-2-7-21-16-22(13-12-20(21)6-1)23-14-15-32-27(17-23)28-18-31-26(19-33(28)40-32)24-8-5-9-25-34-36(39(31)35(24)25)38-30-11-4-3-10-29(30)37-34/h1-19,30,38H. The molecule has 2 aliphatic rings. The molecule has 1 aliphatic heterocycles. The first-order valence-electron chi connectivity index (χ1n) is 13.7. The Bertz CT molecular complexity index is 2470. The number of nitrogens with zero attached hydrogens (tertiary/aromatic N) is 2. The van der Waals surface area contributed by atoms with Crippen LogP contribution in [0.25, 0.3) is 71.0 Å². The van der Waals surface area contributed by atoms with Crippen molar-refractivity contribution in [3.63, 3.8) is 0 Å². The molecular weight excluding hydrogens is 490 g/mol. The van der Waals surface area contributed by atoms with Crippen molar-refractivity contribution in [2.24, 2.45) is 4.99 Å². The molecule has 5 aromatic carbocycles. The van der Waals surface area contributed by atoms with Crippen LogP contribution in [0.2, 0.25) is 0 Å². The van der Waals surface area contributed by atoms with Gasteiger partial charge in [0.25, 0.3) is 0 Å². The third-order valence-corrected chi connectivity index (χ3v) is 8.70. The summed E-state index contributed by atoms with van der Waals surface area (Å²) in [4.78, 5) is 5.11. The normalized spacial score (nSPS) is 16.4. The molecule has 0 saturated heterocycles. The second-order valence-electron chi connectivity index (χ2n) is 10.9. The van der Waals surface area contributed by atoms with E-state index in [0.717, 1.165) is 39.2 Å². The van der Waals surface area contributed by atoms with Crippen LogP contribution in [-0.4, -0.2) is 16.2 Å². The highest BCUT2D eigenvalue weighted by atomic mass is 16.3. The van der Waals surface area contributed by atoms with Crippen molar-refractivity contribution >= 4 is 77.1 Å². The van der Waals surface area contributed by atoms with Crippen molar-refractivity contribution in [1.29, 1.82) is 0 Å². The summed E-state index contributed by atoms with van der Waals surface area (Å²) in [5.74, 6) is 1.05. The molecule has 1 unspecified atom stereocenters. The number of benzene rings is 5. The lowest BCUT2D eigenvalue weighted by Crippen LogP contribution is -2.30. The second-order valence-corrected chi connectivity index (χ2v) is 10.9. The summed E-state index contributed by atoms with van der Waals surface area (Å²) in [6, 6.07) is 32.9. The third-order valence-electron chi connectivity index (χ3n) is 8.70. The summed E-state index contributed by atoms with van der Waals surface area (Å²) in [6.45, 7) is 0. The van der Waals surface area contributed by atoms with Crippen molar-refractivity contribution in [3.8, 4) is 11.1 Å². The van der Waals surface area contributed by atoms with Crippen LogP contribution in [-0.2, 0) is 0 Å². The van der Waals surface area contributed by atoms with Crippen LogP contribution in [0.5, 0.6) is 0 Å². The molecule has 0 fully saturated rings. The van der Waals surface area contributed by atoms with Gasteiger partial charge < -0.3 is 9.73 Å². The minimum absolute atomic E-state index is 0.0774. The smallest absolute Gasteiger partial charge is 0.138 e. The highest BCUT2D eigenvalue weighted by Crippen LogP contribution is 2.47. The van der Waals surface area contributed by atoms with Crippen LogP contribution >= 0.6 is 0 Å². The number of furan rings is 1. The Kier molecular flexibility index (Phi) is 3.70. The molecular formula is C36H21N3O. The van der Waals surface area contributed by atoms with E-state index >= 15 is 0 Å². The van der Waals surface area contributed by atoms with Crippen LogP contribution in [0.1, 0.15) is 0 Å². The molecule has 1 atom stereocenters. The maximum Gasteiger partial charge on any atom is 0.138 e. The summed E-state index contributed by atoms with van der Waals surface area (Å²) in [5.41, 5.74) is 8.66. The molecule has 0 spiro atoms. The van der Waals surface area contributed by atoms with Crippen molar-refractivity contribution in [2.45, 2.75) is 6.04 Å². The number of hydrogen-bond acceptors (Lipinski definition) is 3. The number of hydrogen-bond donors (Lipinski definition) is 1. The van der Waals surface area contributed by atoms with Crippen molar-refractivity contribution in [3.05, 3.63) is 115 Å². The Balaban J connectivity index is 1.25. The lowest BCUT2D eigenvalue weighted by Gasteiger charge is -2.23. The number of aromatic nitrogens is 1. The fourth-order valence-corrected chi connectivity index (χ4v) is 6.82. The van der Waals surface area contributed by atoms with E-state index in [1.54, 1.807) is 0 Å². The van der Waals surface area contributed by atoms with Crippen molar-refractivity contribution < 1.29 is 4.42 Å². The lowest BCUT2D eigenvalue weighted by molar-refractivity contribution is 0.669. The monoisotopic (exact) mass is 511 g/mol. The number of aliphatic imine (C=N–C) groups is 1. The van der Waals surface area contributed by atoms with Gasteiger partial charge in [0, 0.05) is 26.9 Å². The number of para-hydroxylation sites is 1. The van der Waals surface area contributed by atoms with Gasteiger partial charge in [0.2, 0.25) is 0 Å². The summed E-state index contributed by atoms with van der Waals surface area (Å²) in [7, 11) is 0. The first kappa shape index (κ1) is 20.6. The Morgan fingerprint density at radius 3 is 2.50 bits per heavy atom. The van der Waals surface area contributed by atoms with Crippen molar-refractivity contribution in [2.75, 3.05) is 5.32 Å². The molecule has 3 aromatic heterocycles. The number of rotatable bonds is 1. The number of anilines is 1. The maximum absolute atomic E-state index is 6.43. The summed E-state index contributed by atoms with van der Waals surface area (Å²) < 4.78 is 8.80. The highest BCUT2D eigenvalue weighted by molar-refractivity contribution is 6.24. The molecule has 8 aromatic rings.